The third kappa shape index (κ3) is 4.44. The third-order valence-corrected chi connectivity index (χ3v) is 2.51. The van der Waals surface area contributed by atoms with Crippen LogP contribution in [0.4, 0.5) is 5.69 Å². The van der Waals surface area contributed by atoms with Gasteiger partial charge in [0.25, 0.3) is 0 Å². The molecule has 5 heteroatoms. The Morgan fingerprint density at radius 1 is 1.62 bits per heavy atom. The number of hydrogen-bond donors (Lipinski definition) is 2. The van der Waals surface area contributed by atoms with Crippen LogP contribution < -0.4 is 11.1 Å². The number of amides is 1. The van der Waals surface area contributed by atoms with Crippen LogP contribution in [0.25, 0.3) is 0 Å². The van der Waals surface area contributed by atoms with Gasteiger partial charge in [-0.2, -0.15) is 5.10 Å². The first-order valence-electron chi connectivity index (χ1n) is 5.60. The van der Waals surface area contributed by atoms with Crippen molar-refractivity contribution in [1.82, 2.24) is 9.78 Å². The molecule has 0 radical (unpaired) electrons. The minimum atomic E-state index is 0.0388. The zero-order valence-corrected chi connectivity index (χ0v) is 9.94. The zero-order valence-electron chi connectivity index (χ0n) is 9.94. The number of nitrogens with zero attached hydrogens (tertiary/aromatic N) is 2. The van der Waals surface area contributed by atoms with E-state index in [9.17, 15) is 4.79 Å². The molecule has 5 nitrogen and oxygen atoms in total. The summed E-state index contributed by atoms with van der Waals surface area (Å²) in [4.78, 5) is 11.6. The van der Waals surface area contributed by atoms with E-state index in [-0.39, 0.29) is 5.91 Å². The molecule has 0 aliphatic rings. The van der Waals surface area contributed by atoms with E-state index in [1.807, 2.05) is 7.05 Å². The van der Waals surface area contributed by atoms with E-state index in [1.165, 1.54) is 0 Å². The van der Waals surface area contributed by atoms with E-state index in [1.54, 1.807) is 17.1 Å². The Balaban J connectivity index is 2.26. The van der Waals surface area contributed by atoms with Gasteiger partial charge in [0.15, 0.2) is 0 Å². The highest BCUT2D eigenvalue weighted by Gasteiger charge is 2.07. The Morgan fingerprint density at radius 3 is 2.94 bits per heavy atom. The van der Waals surface area contributed by atoms with Crippen molar-refractivity contribution in [1.29, 1.82) is 0 Å². The summed E-state index contributed by atoms with van der Waals surface area (Å²) in [7, 11) is 1.82. The minimum absolute atomic E-state index is 0.0388. The van der Waals surface area contributed by atoms with Crippen LogP contribution in [0.3, 0.4) is 0 Å². The van der Waals surface area contributed by atoms with Gasteiger partial charge >= 0.3 is 0 Å². The number of carbonyl (C=O) groups is 1. The lowest BCUT2D eigenvalue weighted by molar-refractivity contribution is -0.116. The summed E-state index contributed by atoms with van der Waals surface area (Å²) in [6.45, 7) is 2.80. The predicted molar refractivity (Wildman–Crippen MR) is 63.9 cm³/mol. The molecule has 1 unspecified atom stereocenters. The second kappa shape index (κ2) is 6.27. The summed E-state index contributed by atoms with van der Waals surface area (Å²) in [5, 5.41) is 6.79. The first kappa shape index (κ1) is 12.7. The highest BCUT2D eigenvalue weighted by molar-refractivity contribution is 5.90. The number of nitrogens with one attached hydrogen (secondary N) is 1. The molecule has 1 atom stereocenters. The summed E-state index contributed by atoms with van der Waals surface area (Å²) in [5.74, 6) is 0.543. The Kier molecular flexibility index (Phi) is 4.98. The van der Waals surface area contributed by atoms with Crippen molar-refractivity contribution in [2.75, 3.05) is 11.9 Å². The Hall–Kier alpha value is -1.36. The molecule has 0 fully saturated rings. The molecule has 1 heterocycles. The lowest BCUT2D eigenvalue weighted by Gasteiger charge is -2.08. The van der Waals surface area contributed by atoms with E-state index >= 15 is 0 Å². The summed E-state index contributed by atoms with van der Waals surface area (Å²) >= 11 is 0. The summed E-state index contributed by atoms with van der Waals surface area (Å²) in [6, 6.07) is 0. The van der Waals surface area contributed by atoms with E-state index in [4.69, 9.17) is 5.73 Å². The maximum absolute atomic E-state index is 11.6. The molecule has 0 spiro atoms. The van der Waals surface area contributed by atoms with E-state index < -0.39 is 0 Å². The van der Waals surface area contributed by atoms with Crippen LogP contribution in [0, 0.1) is 5.92 Å². The largest absolute Gasteiger partial charge is 0.330 e. The average Bonchev–Trinajstić information content (AvgIpc) is 2.61. The lowest BCUT2D eigenvalue weighted by Crippen LogP contribution is -2.13. The number of nitrogens with two attached hydrogens (primary N) is 1. The Bertz CT molecular complexity index is 334. The minimum Gasteiger partial charge on any atom is -0.330 e. The molecular weight excluding hydrogens is 204 g/mol. The van der Waals surface area contributed by atoms with Crippen molar-refractivity contribution in [3.63, 3.8) is 0 Å². The van der Waals surface area contributed by atoms with Crippen molar-refractivity contribution < 1.29 is 4.79 Å². The van der Waals surface area contributed by atoms with Gasteiger partial charge < -0.3 is 11.1 Å². The molecule has 1 amide bonds. The van der Waals surface area contributed by atoms with Gasteiger partial charge in [0.1, 0.15) is 0 Å². The second-order valence-electron chi connectivity index (χ2n) is 4.17. The number of aromatic nitrogens is 2. The molecule has 0 saturated carbocycles. The molecule has 16 heavy (non-hydrogen) atoms. The van der Waals surface area contributed by atoms with Gasteiger partial charge in [0, 0.05) is 19.7 Å². The summed E-state index contributed by atoms with van der Waals surface area (Å²) < 4.78 is 1.66. The predicted octanol–water partition coefficient (Wildman–Crippen LogP) is 1.12. The highest BCUT2D eigenvalue weighted by atomic mass is 16.1. The van der Waals surface area contributed by atoms with Crippen molar-refractivity contribution in [3.05, 3.63) is 12.4 Å². The molecule has 0 bridgehead atoms. The molecule has 0 aliphatic heterocycles. The fraction of sp³-hybridized carbons (Fsp3) is 0.636. The summed E-state index contributed by atoms with van der Waals surface area (Å²) in [5.41, 5.74) is 6.20. The van der Waals surface area contributed by atoms with Gasteiger partial charge in [-0.1, -0.05) is 6.92 Å². The molecule has 0 aliphatic carbocycles. The SMILES string of the molecule is CC(CCN)CCC(=O)Nc1cnn(C)c1. The standard InChI is InChI=1S/C11H20N4O/c1-9(5-6-12)3-4-11(16)14-10-7-13-15(2)8-10/h7-9H,3-6,12H2,1-2H3,(H,14,16). The van der Waals surface area contributed by atoms with E-state index in [0.29, 0.717) is 18.9 Å². The molecule has 0 aromatic carbocycles. The van der Waals surface area contributed by atoms with Crippen LogP contribution in [0.1, 0.15) is 26.2 Å². The highest BCUT2D eigenvalue weighted by Crippen LogP contribution is 2.11. The van der Waals surface area contributed by atoms with E-state index in [0.717, 1.165) is 18.5 Å². The smallest absolute Gasteiger partial charge is 0.224 e. The quantitative estimate of drug-likeness (QED) is 0.760. The van der Waals surface area contributed by atoms with Crippen molar-refractivity contribution >= 4 is 11.6 Å². The number of hydrogen-bond acceptors (Lipinski definition) is 3. The van der Waals surface area contributed by atoms with Crippen molar-refractivity contribution in [3.8, 4) is 0 Å². The van der Waals surface area contributed by atoms with Crippen LogP contribution in [0.5, 0.6) is 0 Å². The van der Waals surface area contributed by atoms with Crippen molar-refractivity contribution in [2.24, 2.45) is 18.7 Å². The van der Waals surface area contributed by atoms with Gasteiger partial charge in [0.2, 0.25) is 5.91 Å². The van der Waals surface area contributed by atoms with Gasteiger partial charge in [-0.15, -0.1) is 0 Å². The van der Waals surface area contributed by atoms with Crippen LogP contribution in [0.2, 0.25) is 0 Å². The monoisotopic (exact) mass is 224 g/mol. The second-order valence-corrected chi connectivity index (χ2v) is 4.17. The Morgan fingerprint density at radius 2 is 2.38 bits per heavy atom. The third-order valence-electron chi connectivity index (χ3n) is 2.51. The number of anilines is 1. The molecule has 1 aromatic heterocycles. The fourth-order valence-corrected chi connectivity index (χ4v) is 1.52. The maximum Gasteiger partial charge on any atom is 0.224 e. The first-order valence-corrected chi connectivity index (χ1v) is 5.60. The average molecular weight is 224 g/mol. The molecule has 1 aromatic rings. The first-order chi connectivity index (χ1) is 7.61. The zero-order chi connectivity index (χ0) is 12.0. The van der Waals surface area contributed by atoms with Crippen LogP contribution in [0.15, 0.2) is 12.4 Å². The van der Waals surface area contributed by atoms with Gasteiger partial charge in [-0.25, -0.2) is 0 Å². The number of rotatable bonds is 6. The van der Waals surface area contributed by atoms with Gasteiger partial charge in [-0.3, -0.25) is 9.48 Å². The number of aryl methyl sites for hydroxylation is 1. The lowest BCUT2D eigenvalue weighted by atomic mass is 10.0. The topological polar surface area (TPSA) is 72.9 Å². The molecule has 0 saturated heterocycles. The normalized spacial score (nSPS) is 12.4. The van der Waals surface area contributed by atoms with Crippen LogP contribution in [-0.4, -0.2) is 22.2 Å². The van der Waals surface area contributed by atoms with Gasteiger partial charge in [-0.05, 0) is 25.3 Å². The van der Waals surface area contributed by atoms with Gasteiger partial charge in [0.05, 0.1) is 11.9 Å². The van der Waals surface area contributed by atoms with Crippen LogP contribution >= 0.6 is 0 Å². The maximum atomic E-state index is 11.6. The molecular formula is C11H20N4O. The molecule has 3 N–H and O–H groups in total. The fourth-order valence-electron chi connectivity index (χ4n) is 1.52. The Labute approximate surface area is 96.0 Å². The van der Waals surface area contributed by atoms with Crippen molar-refractivity contribution in [2.45, 2.75) is 26.2 Å². The molecule has 1 rings (SSSR count). The van der Waals surface area contributed by atoms with E-state index in [2.05, 4.69) is 17.3 Å². The summed E-state index contributed by atoms with van der Waals surface area (Å²) in [6.07, 6.45) is 5.81. The molecule has 90 valence electrons. The van der Waals surface area contributed by atoms with Crippen LogP contribution in [-0.2, 0) is 11.8 Å². The number of carbonyl (C=O) groups excluding carboxylic acids is 1.